The fourth-order valence-electron chi connectivity index (χ4n) is 4.44. The van der Waals surface area contributed by atoms with Crippen LogP contribution >= 0.6 is 0 Å². The fourth-order valence-corrected chi connectivity index (χ4v) is 4.44. The summed E-state index contributed by atoms with van der Waals surface area (Å²) in [6.45, 7) is 7.88. The van der Waals surface area contributed by atoms with Gasteiger partial charge in [-0.25, -0.2) is 9.59 Å². The second-order valence-corrected chi connectivity index (χ2v) is 9.62. The number of aromatic amines is 1. The van der Waals surface area contributed by atoms with Gasteiger partial charge < -0.3 is 19.8 Å². The van der Waals surface area contributed by atoms with Crippen LogP contribution in [0, 0.1) is 0 Å². The summed E-state index contributed by atoms with van der Waals surface area (Å²) in [5, 5.41) is 3.73. The molecular weight excluding hydrogens is 446 g/mol. The molecule has 3 aromatic rings. The second kappa shape index (κ2) is 9.82. The van der Waals surface area contributed by atoms with Crippen molar-refractivity contribution in [2.45, 2.75) is 51.7 Å². The van der Waals surface area contributed by atoms with E-state index in [0.29, 0.717) is 24.3 Å². The van der Waals surface area contributed by atoms with E-state index in [4.69, 9.17) is 9.47 Å². The van der Waals surface area contributed by atoms with Gasteiger partial charge >= 0.3 is 12.1 Å². The van der Waals surface area contributed by atoms with Gasteiger partial charge in [-0.1, -0.05) is 30.3 Å². The van der Waals surface area contributed by atoms with Crippen molar-refractivity contribution in [3.8, 4) is 0 Å². The van der Waals surface area contributed by atoms with E-state index in [9.17, 15) is 14.4 Å². The van der Waals surface area contributed by atoms with E-state index in [0.717, 1.165) is 16.5 Å². The zero-order valence-corrected chi connectivity index (χ0v) is 20.5. The molecule has 2 aromatic carbocycles. The Morgan fingerprint density at radius 2 is 1.83 bits per heavy atom. The standard InChI is InChI=1S/C27H31N3O5/c1-5-34-25(32)22-16-18-15-19(11-12-21(18)29-22)28-24(31)23-20(17-9-7-6-8-10-17)13-14-30(23)26(33)35-27(2,3)4/h6-12,15-16,20,23,29H,5,13-14H2,1-4H3,(H,28,31)/t20-,23?/m0/s1. The van der Waals surface area contributed by atoms with Crippen LogP contribution in [0.1, 0.15) is 56.1 Å². The molecule has 0 aliphatic carbocycles. The maximum atomic E-state index is 13.6. The van der Waals surface area contributed by atoms with Gasteiger partial charge in [-0.3, -0.25) is 9.69 Å². The van der Waals surface area contributed by atoms with E-state index in [1.165, 1.54) is 4.90 Å². The normalized spacial score (nSPS) is 17.9. The number of rotatable bonds is 5. The molecule has 1 fully saturated rings. The maximum absolute atomic E-state index is 13.6. The van der Waals surface area contributed by atoms with Crippen LogP contribution in [-0.2, 0) is 14.3 Å². The maximum Gasteiger partial charge on any atom is 0.410 e. The predicted molar refractivity (Wildman–Crippen MR) is 133 cm³/mol. The number of amides is 2. The summed E-state index contributed by atoms with van der Waals surface area (Å²) in [6, 6.07) is 16.1. The molecule has 8 nitrogen and oxygen atoms in total. The quantitative estimate of drug-likeness (QED) is 0.499. The highest BCUT2D eigenvalue weighted by Gasteiger charge is 2.44. The van der Waals surface area contributed by atoms with Crippen LogP contribution in [0.3, 0.4) is 0 Å². The van der Waals surface area contributed by atoms with Crippen LogP contribution in [0.15, 0.2) is 54.6 Å². The highest BCUT2D eigenvalue weighted by Crippen LogP contribution is 2.35. The van der Waals surface area contributed by atoms with Crippen molar-refractivity contribution < 1.29 is 23.9 Å². The number of esters is 1. The van der Waals surface area contributed by atoms with Crippen molar-refractivity contribution in [1.82, 2.24) is 9.88 Å². The average molecular weight is 478 g/mol. The van der Waals surface area contributed by atoms with Gasteiger partial charge in [-0.2, -0.15) is 0 Å². The van der Waals surface area contributed by atoms with E-state index in [-0.39, 0.29) is 18.4 Å². The summed E-state index contributed by atoms with van der Waals surface area (Å²) in [5.41, 5.74) is 2.00. The van der Waals surface area contributed by atoms with E-state index in [1.807, 2.05) is 30.3 Å². The molecule has 1 unspecified atom stereocenters. The number of carbonyl (C=O) groups is 3. The number of benzene rings is 2. The molecule has 1 aromatic heterocycles. The lowest BCUT2D eigenvalue weighted by molar-refractivity contribution is -0.120. The Morgan fingerprint density at radius 3 is 2.51 bits per heavy atom. The van der Waals surface area contributed by atoms with Crippen molar-refractivity contribution in [2.75, 3.05) is 18.5 Å². The monoisotopic (exact) mass is 477 g/mol. The van der Waals surface area contributed by atoms with Crippen molar-refractivity contribution in [2.24, 2.45) is 0 Å². The van der Waals surface area contributed by atoms with Gasteiger partial charge in [0.1, 0.15) is 17.3 Å². The van der Waals surface area contributed by atoms with Gasteiger partial charge in [-0.15, -0.1) is 0 Å². The number of anilines is 1. The molecule has 1 saturated heterocycles. The first-order valence-corrected chi connectivity index (χ1v) is 11.8. The molecule has 2 N–H and O–H groups in total. The van der Waals surface area contributed by atoms with E-state index < -0.39 is 23.7 Å². The third-order valence-electron chi connectivity index (χ3n) is 5.91. The fraction of sp³-hybridized carbons (Fsp3) is 0.370. The topological polar surface area (TPSA) is 101 Å². The third kappa shape index (κ3) is 5.48. The zero-order chi connectivity index (χ0) is 25.2. The Morgan fingerprint density at radius 1 is 1.09 bits per heavy atom. The molecule has 2 amide bonds. The second-order valence-electron chi connectivity index (χ2n) is 9.62. The molecule has 0 bridgehead atoms. The summed E-state index contributed by atoms with van der Waals surface area (Å²) in [5.74, 6) is -0.878. The van der Waals surface area contributed by atoms with E-state index in [1.54, 1.807) is 52.0 Å². The predicted octanol–water partition coefficient (Wildman–Crippen LogP) is 5.08. The summed E-state index contributed by atoms with van der Waals surface area (Å²) in [6.07, 6.45) is 0.150. The van der Waals surface area contributed by atoms with Crippen LogP contribution in [-0.4, -0.2) is 52.6 Å². The number of aromatic nitrogens is 1. The number of nitrogens with one attached hydrogen (secondary N) is 2. The average Bonchev–Trinajstić information content (AvgIpc) is 3.43. The summed E-state index contributed by atoms with van der Waals surface area (Å²) >= 11 is 0. The van der Waals surface area contributed by atoms with Crippen LogP contribution in [0.2, 0.25) is 0 Å². The van der Waals surface area contributed by atoms with Gasteiger partial charge in [-0.05, 0) is 63.9 Å². The van der Waals surface area contributed by atoms with Crippen LogP contribution in [0.4, 0.5) is 10.5 Å². The number of likely N-dealkylation sites (tertiary alicyclic amines) is 1. The summed E-state index contributed by atoms with van der Waals surface area (Å²) in [7, 11) is 0. The van der Waals surface area contributed by atoms with E-state index in [2.05, 4.69) is 10.3 Å². The van der Waals surface area contributed by atoms with Crippen LogP contribution in [0.25, 0.3) is 10.9 Å². The first-order valence-electron chi connectivity index (χ1n) is 11.8. The molecule has 0 saturated carbocycles. The highest BCUT2D eigenvalue weighted by molar-refractivity contribution is 6.00. The highest BCUT2D eigenvalue weighted by atomic mass is 16.6. The Balaban J connectivity index is 1.59. The third-order valence-corrected chi connectivity index (χ3v) is 5.91. The SMILES string of the molecule is CCOC(=O)c1cc2cc(NC(=O)C3[C@H](c4ccccc4)CCN3C(=O)OC(C)(C)C)ccc2[nH]1. The molecule has 4 rings (SSSR count). The zero-order valence-electron chi connectivity index (χ0n) is 20.5. The number of hydrogen-bond acceptors (Lipinski definition) is 5. The minimum atomic E-state index is -0.718. The molecular formula is C27H31N3O5. The van der Waals surface area contributed by atoms with Gasteiger partial charge in [0.2, 0.25) is 5.91 Å². The number of carbonyl (C=O) groups excluding carboxylic acids is 3. The Kier molecular flexibility index (Phi) is 6.82. The van der Waals surface area contributed by atoms with Crippen LogP contribution < -0.4 is 5.32 Å². The molecule has 1 aliphatic heterocycles. The molecule has 35 heavy (non-hydrogen) atoms. The summed E-state index contributed by atoms with van der Waals surface area (Å²) in [4.78, 5) is 43.1. The smallest absolute Gasteiger partial charge is 0.410 e. The van der Waals surface area contributed by atoms with Crippen LogP contribution in [0.5, 0.6) is 0 Å². The number of ether oxygens (including phenoxy) is 2. The minimum Gasteiger partial charge on any atom is -0.461 e. The van der Waals surface area contributed by atoms with Crippen molar-refractivity contribution in [3.05, 3.63) is 65.9 Å². The lowest BCUT2D eigenvalue weighted by Gasteiger charge is -2.30. The first kappa shape index (κ1) is 24.3. The molecule has 8 heteroatoms. The molecule has 2 heterocycles. The first-order chi connectivity index (χ1) is 16.7. The summed E-state index contributed by atoms with van der Waals surface area (Å²) < 4.78 is 10.7. The van der Waals surface area contributed by atoms with Crippen molar-refractivity contribution >= 4 is 34.6 Å². The molecule has 184 valence electrons. The van der Waals surface area contributed by atoms with Gasteiger partial charge in [0.25, 0.3) is 0 Å². The number of nitrogens with zero attached hydrogens (tertiary/aromatic N) is 1. The largest absolute Gasteiger partial charge is 0.461 e. The Labute approximate surface area is 204 Å². The molecule has 0 spiro atoms. The number of fused-ring (bicyclic) bond motifs is 1. The minimum absolute atomic E-state index is 0.157. The molecule has 0 radical (unpaired) electrons. The van der Waals surface area contributed by atoms with Crippen molar-refractivity contribution in [3.63, 3.8) is 0 Å². The Bertz CT molecular complexity index is 1230. The van der Waals surface area contributed by atoms with Gasteiger partial charge in [0.05, 0.1) is 6.61 Å². The Hall–Kier alpha value is -3.81. The molecule has 1 aliphatic rings. The van der Waals surface area contributed by atoms with Gasteiger partial charge in [0.15, 0.2) is 0 Å². The van der Waals surface area contributed by atoms with Gasteiger partial charge in [0, 0.05) is 29.1 Å². The lowest BCUT2D eigenvalue weighted by atomic mass is 9.91. The number of H-pyrrole nitrogens is 1. The van der Waals surface area contributed by atoms with Crippen molar-refractivity contribution in [1.29, 1.82) is 0 Å². The van der Waals surface area contributed by atoms with E-state index >= 15 is 0 Å². The molecule has 2 atom stereocenters. The number of hydrogen-bond donors (Lipinski definition) is 2. The lowest BCUT2D eigenvalue weighted by Crippen LogP contribution is -2.47.